The number of anilines is 1. The third-order valence-corrected chi connectivity index (χ3v) is 5.82. The Morgan fingerprint density at radius 1 is 0.774 bits per heavy atom. The van der Waals surface area contributed by atoms with Gasteiger partial charge in [0.15, 0.2) is 0 Å². The average Bonchev–Trinajstić information content (AvgIpc) is 2.84. The zero-order valence-corrected chi connectivity index (χ0v) is 17.7. The molecular formula is C26H27N3O2. The van der Waals surface area contributed by atoms with Crippen molar-refractivity contribution in [1.82, 2.24) is 9.80 Å². The van der Waals surface area contributed by atoms with Crippen LogP contribution < -0.4 is 5.32 Å². The minimum Gasteiger partial charge on any atom is -0.336 e. The summed E-state index contributed by atoms with van der Waals surface area (Å²) < 4.78 is 0. The van der Waals surface area contributed by atoms with E-state index in [1.807, 2.05) is 96.8 Å². The lowest BCUT2D eigenvalue weighted by Crippen LogP contribution is -2.54. The largest absolute Gasteiger partial charge is 0.336 e. The van der Waals surface area contributed by atoms with Crippen molar-refractivity contribution < 1.29 is 9.59 Å². The van der Waals surface area contributed by atoms with Crippen molar-refractivity contribution in [2.45, 2.75) is 13.0 Å². The Hall–Kier alpha value is -3.44. The zero-order valence-electron chi connectivity index (χ0n) is 17.7. The highest BCUT2D eigenvalue weighted by Crippen LogP contribution is 2.27. The van der Waals surface area contributed by atoms with Gasteiger partial charge in [-0.05, 0) is 30.7 Å². The van der Waals surface area contributed by atoms with E-state index in [4.69, 9.17) is 0 Å². The lowest BCUT2D eigenvalue weighted by molar-refractivity contribution is -0.121. The maximum absolute atomic E-state index is 13.0. The standard InChI is InChI=1S/C26H27N3O2/c1-20(28-16-18-29(19-17-28)26(31)22-12-6-3-7-13-22)25(30)27-24-15-9-8-14-23(24)21-10-4-2-5-11-21/h2-15,20H,16-19H2,1H3,(H,27,30)/t20-/m0/s1. The molecule has 0 saturated carbocycles. The van der Waals surface area contributed by atoms with Crippen LogP contribution in [0.25, 0.3) is 11.1 Å². The third kappa shape index (κ3) is 4.84. The number of rotatable bonds is 5. The van der Waals surface area contributed by atoms with Gasteiger partial charge in [-0.25, -0.2) is 0 Å². The van der Waals surface area contributed by atoms with Crippen LogP contribution in [0.3, 0.4) is 0 Å². The molecule has 1 saturated heterocycles. The minimum absolute atomic E-state index is 0.0359. The summed E-state index contributed by atoms with van der Waals surface area (Å²) in [6.45, 7) is 4.51. The molecule has 1 fully saturated rings. The SMILES string of the molecule is C[C@@H](C(=O)Nc1ccccc1-c1ccccc1)N1CCN(C(=O)c2ccccc2)CC1. The van der Waals surface area contributed by atoms with Crippen LogP contribution >= 0.6 is 0 Å². The highest BCUT2D eigenvalue weighted by Gasteiger charge is 2.28. The molecule has 2 amide bonds. The smallest absolute Gasteiger partial charge is 0.253 e. The molecule has 5 nitrogen and oxygen atoms in total. The Kier molecular flexibility index (Phi) is 6.43. The van der Waals surface area contributed by atoms with Gasteiger partial charge in [0.1, 0.15) is 0 Å². The van der Waals surface area contributed by atoms with Crippen LogP contribution in [0, 0.1) is 0 Å². The molecule has 5 heteroatoms. The van der Waals surface area contributed by atoms with Crippen LogP contribution in [0.4, 0.5) is 5.69 Å². The summed E-state index contributed by atoms with van der Waals surface area (Å²) in [6.07, 6.45) is 0. The van der Waals surface area contributed by atoms with Gasteiger partial charge in [-0.15, -0.1) is 0 Å². The molecule has 0 aromatic heterocycles. The molecule has 0 aliphatic carbocycles. The van der Waals surface area contributed by atoms with E-state index in [1.165, 1.54) is 0 Å². The summed E-state index contributed by atoms with van der Waals surface area (Å²) >= 11 is 0. The first kappa shape index (κ1) is 20.8. The van der Waals surface area contributed by atoms with Crippen LogP contribution in [0.15, 0.2) is 84.9 Å². The highest BCUT2D eigenvalue weighted by molar-refractivity contribution is 5.98. The molecule has 31 heavy (non-hydrogen) atoms. The number of carbonyl (C=O) groups excluding carboxylic acids is 2. The van der Waals surface area contributed by atoms with Crippen LogP contribution in [-0.4, -0.2) is 53.8 Å². The van der Waals surface area contributed by atoms with E-state index in [0.717, 1.165) is 16.8 Å². The number of hydrogen-bond donors (Lipinski definition) is 1. The van der Waals surface area contributed by atoms with Crippen molar-refractivity contribution >= 4 is 17.5 Å². The Morgan fingerprint density at radius 2 is 1.35 bits per heavy atom. The molecule has 0 radical (unpaired) electrons. The molecule has 0 unspecified atom stereocenters. The van der Waals surface area contributed by atoms with Crippen LogP contribution in [-0.2, 0) is 4.79 Å². The van der Waals surface area contributed by atoms with Crippen LogP contribution in [0.5, 0.6) is 0 Å². The first-order chi connectivity index (χ1) is 15.1. The summed E-state index contributed by atoms with van der Waals surface area (Å²) in [6, 6.07) is 27.0. The molecule has 0 bridgehead atoms. The lowest BCUT2D eigenvalue weighted by atomic mass is 10.0. The number of hydrogen-bond acceptors (Lipinski definition) is 3. The van der Waals surface area contributed by atoms with Crippen LogP contribution in [0.2, 0.25) is 0 Å². The summed E-state index contributed by atoms with van der Waals surface area (Å²) in [5.41, 5.74) is 3.59. The van der Waals surface area contributed by atoms with E-state index in [9.17, 15) is 9.59 Å². The molecule has 1 aliphatic rings. The Labute approximate surface area is 183 Å². The monoisotopic (exact) mass is 413 g/mol. The molecule has 1 aliphatic heterocycles. The number of piperazine rings is 1. The molecular weight excluding hydrogens is 386 g/mol. The van der Waals surface area contributed by atoms with E-state index in [2.05, 4.69) is 10.2 Å². The number of carbonyl (C=O) groups is 2. The molecule has 0 spiro atoms. The molecule has 4 rings (SSSR count). The van der Waals surface area contributed by atoms with Gasteiger partial charge in [-0.2, -0.15) is 0 Å². The number of para-hydroxylation sites is 1. The second kappa shape index (κ2) is 9.58. The van der Waals surface area contributed by atoms with E-state index < -0.39 is 0 Å². The predicted molar refractivity (Wildman–Crippen MR) is 124 cm³/mol. The molecule has 3 aromatic rings. The Morgan fingerprint density at radius 3 is 2.03 bits per heavy atom. The maximum atomic E-state index is 13.0. The normalized spacial score (nSPS) is 15.3. The fraction of sp³-hybridized carbons (Fsp3) is 0.231. The summed E-state index contributed by atoms with van der Waals surface area (Å²) in [5, 5.41) is 3.10. The molecule has 1 heterocycles. The fourth-order valence-electron chi connectivity index (χ4n) is 3.94. The van der Waals surface area contributed by atoms with Gasteiger partial charge in [0.2, 0.25) is 5.91 Å². The first-order valence-corrected chi connectivity index (χ1v) is 10.7. The van der Waals surface area contributed by atoms with E-state index in [-0.39, 0.29) is 17.9 Å². The summed E-state index contributed by atoms with van der Waals surface area (Å²) in [7, 11) is 0. The number of nitrogens with zero attached hydrogens (tertiary/aromatic N) is 2. The van der Waals surface area contributed by atoms with Crippen molar-refractivity contribution in [3.63, 3.8) is 0 Å². The lowest BCUT2D eigenvalue weighted by Gasteiger charge is -2.37. The molecule has 3 aromatic carbocycles. The summed E-state index contributed by atoms with van der Waals surface area (Å²) in [4.78, 5) is 29.6. The van der Waals surface area contributed by atoms with Crippen LogP contribution in [0.1, 0.15) is 17.3 Å². The second-order valence-corrected chi connectivity index (χ2v) is 7.77. The van der Waals surface area contributed by atoms with Gasteiger partial charge in [0.25, 0.3) is 5.91 Å². The van der Waals surface area contributed by atoms with Gasteiger partial charge >= 0.3 is 0 Å². The predicted octanol–water partition coefficient (Wildman–Crippen LogP) is 4.14. The van der Waals surface area contributed by atoms with Crippen molar-refractivity contribution in [3.8, 4) is 11.1 Å². The van der Waals surface area contributed by atoms with Gasteiger partial charge in [-0.3, -0.25) is 14.5 Å². The minimum atomic E-state index is -0.280. The number of nitrogens with one attached hydrogen (secondary N) is 1. The van der Waals surface area contributed by atoms with Crippen molar-refractivity contribution in [1.29, 1.82) is 0 Å². The van der Waals surface area contributed by atoms with Gasteiger partial charge in [0.05, 0.1) is 6.04 Å². The van der Waals surface area contributed by atoms with Crippen molar-refractivity contribution in [3.05, 3.63) is 90.5 Å². The van der Waals surface area contributed by atoms with Gasteiger partial charge in [0, 0.05) is 43.0 Å². The third-order valence-electron chi connectivity index (χ3n) is 5.82. The van der Waals surface area contributed by atoms with E-state index >= 15 is 0 Å². The van der Waals surface area contributed by atoms with Crippen molar-refractivity contribution in [2.24, 2.45) is 0 Å². The topological polar surface area (TPSA) is 52.7 Å². The first-order valence-electron chi connectivity index (χ1n) is 10.7. The second-order valence-electron chi connectivity index (χ2n) is 7.77. The zero-order chi connectivity index (χ0) is 21.6. The van der Waals surface area contributed by atoms with Gasteiger partial charge < -0.3 is 10.2 Å². The number of amides is 2. The maximum Gasteiger partial charge on any atom is 0.253 e. The Balaban J connectivity index is 1.38. The van der Waals surface area contributed by atoms with Gasteiger partial charge in [-0.1, -0.05) is 66.7 Å². The average molecular weight is 414 g/mol. The fourth-order valence-corrected chi connectivity index (χ4v) is 3.94. The Bertz CT molecular complexity index is 1030. The quantitative estimate of drug-likeness (QED) is 0.684. The highest BCUT2D eigenvalue weighted by atomic mass is 16.2. The molecule has 1 N–H and O–H groups in total. The van der Waals surface area contributed by atoms with E-state index in [0.29, 0.717) is 31.7 Å². The summed E-state index contributed by atoms with van der Waals surface area (Å²) in [5.74, 6) is 0.0142. The van der Waals surface area contributed by atoms with E-state index in [1.54, 1.807) is 0 Å². The number of benzene rings is 3. The molecule has 1 atom stereocenters. The molecule has 158 valence electrons. The van der Waals surface area contributed by atoms with Crippen molar-refractivity contribution in [2.75, 3.05) is 31.5 Å².